The van der Waals surface area contributed by atoms with Crippen LogP contribution < -0.4 is 10.6 Å². The van der Waals surface area contributed by atoms with Crippen LogP contribution in [0.1, 0.15) is 69.1 Å². The smallest absolute Gasteiger partial charge is 0.410 e. The zero-order valence-electron chi connectivity index (χ0n) is 40.3. The summed E-state index contributed by atoms with van der Waals surface area (Å²) in [5, 5.41) is 24.9. The molecule has 1 aromatic carbocycles. The first-order valence-corrected chi connectivity index (χ1v) is 23.9. The predicted octanol–water partition coefficient (Wildman–Crippen LogP) is 8.84. The number of piperidine rings is 1. The molecule has 19 heteroatoms. The highest BCUT2D eigenvalue weighted by Crippen LogP contribution is 2.34. The van der Waals surface area contributed by atoms with Crippen molar-refractivity contribution in [1.29, 1.82) is 0 Å². The van der Waals surface area contributed by atoms with Crippen LogP contribution in [0.5, 0.6) is 0 Å². The first kappa shape index (κ1) is 45.7. The Bertz CT molecular complexity index is 3260. The second kappa shape index (κ2) is 19.9. The van der Waals surface area contributed by atoms with Gasteiger partial charge in [0.05, 0.1) is 35.2 Å². The number of H-pyrrole nitrogens is 2. The van der Waals surface area contributed by atoms with Crippen LogP contribution in [0, 0.1) is 19.8 Å². The average molecular weight is 940 g/mol. The molecule has 0 bridgehead atoms. The molecule has 9 heterocycles. The summed E-state index contributed by atoms with van der Waals surface area (Å²) in [5.41, 5.74) is 11.6. The molecule has 2 atom stereocenters. The van der Waals surface area contributed by atoms with Crippen molar-refractivity contribution in [2.75, 3.05) is 17.2 Å². The van der Waals surface area contributed by atoms with Gasteiger partial charge in [-0.15, -0.1) is 10.2 Å². The Morgan fingerprint density at radius 3 is 1.71 bits per heavy atom. The van der Waals surface area contributed by atoms with Crippen LogP contribution in [-0.4, -0.2) is 106 Å². The number of aromatic amines is 2. The third kappa shape index (κ3) is 9.77. The van der Waals surface area contributed by atoms with Gasteiger partial charge in [0.1, 0.15) is 29.3 Å². The van der Waals surface area contributed by atoms with Crippen molar-refractivity contribution in [3.8, 4) is 45.3 Å². The van der Waals surface area contributed by atoms with Gasteiger partial charge in [0.15, 0.2) is 0 Å². The minimum Gasteiger partial charge on any atom is -0.445 e. The molecule has 1 saturated carbocycles. The summed E-state index contributed by atoms with van der Waals surface area (Å²) in [6.07, 6.45) is 17.4. The number of fused-ring (bicyclic) bond motifs is 2. The van der Waals surface area contributed by atoms with Crippen molar-refractivity contribution in [3.63, 3.8) is 0 Å². The lowest BCUT2D eigenvalue weighted by atomic mass is 9.87. The number of ether oxygens (including phenoxy) is 1. The topological polar surface area (TPSA) is 224 Å². The van der Waals surface area contributed by atoms with Crippen LogP contribution in [-0.2, 0) is 25.4 Å². The molecule has 2 aliphatic rings. The van der Waals surface area contributed by atoms with Crippen molar-refractivity contribution >= 4 is 40.1 Å². The van der Waals surface area contributed by atoms with Gasteiger partial charge in [-0.05, 0) is 106 Å². The zero-order valence-corrected chi connectivity index (χ0v) is 40.3. The number of nitrogens with one attached hydrogen (secondary N) is 4. The number of hydrogen-bond donors (Lipinski definition) is 4. The molecule has 1 amide bonds. The molecule has 0 spiro atoms. The second-order valence-electron chi connectivity index (χ2n) is 18.6. The van der Waals surface area contributed by atoms with Gasteiger partial charge >= 0.3 is 6.09 Å². The summed E-state index contributed by atoms with van der Waals surface area (Å²) in [7, 11) is 3.70. The number of anilines is 2. The lowest BCUT2D eigenvalue weighted by Gasteiger charge is -2.37. The third-order valence-electron chi connectivity index (χ3n) is 13.5. The van der Waals surface area contributed by atoms with E-state index >= 15 is 0 Å². The number of rotatable bonds is 10. The highest BCUT2D eigenvalue weighted by molar-refractivity contribution is 5.95. The average Bonchev–Trinajstić information content (AvgIpc) is 4.20. The van der Waals surface area contributed by atoms with Crippen molar-refractivity contribution in [2.45, 2.75) is 91.0 Å². The monoisotopic (exact) mass is 939 g/mol. The molecule has 358 valence electrons. The molecular formula is C51H57N17O2. The van der Waals surface area contributed by atoms with Crippen LogP contribution in [0.3, 0.4) is 0 Å². The highest BCUT2D eigenvalue weighted by Gasteiger charge is 2.31. The van der Waals surface area contributed by atoms with Gasteiger partial charge < -0.3 is 30.2 Å². The van der Waals surface area contributed by atoms with Gasteiger partial charge in [-0.3, -0.25) is 0 Å². The number of hydrogen-bond acceptors (Lipinski definition) is 14. The molecule has 1 aliphatic heterocycles. The number of aromatic nitrogens is 14. The minimum atomic E-state index is -0.305. The molecular weight excluding hydrogens is 883 g/mol. The maximum Gasteiger partial charge on any atom is 0.410 e. The predicted molar refractivity (Wildman–Crippen MR) is 268 cm³/mol. The fraction of sp³-hybridized carbons (Fsp3) is 0.353. The number of pyridine rings is 2. The number of aryl methyl sites for hydroxylation is 4. The van der Waals surface area contributed by atoms with E-state index in [1.165, 1.54) is 25.7 Å². The molecule has 9 aromatic rings. The second-order valence-corrected chi connectivity index (χ2v) is 18.6. The van der Waals surface area contributed by atoms with Gasteiger partial charge in [0.25, 0.3) is 0 Å². The van der Waals surface area contributed by atoms with E-state index in [0.717, 1.165) is 103 Å². The summed E-state index contributed by atoms with van der Waals surface area (Å²) in [4.78, 5) is 49.6. The molecule has 0 unspecified atom stereocenters. The highest BCUT2D eigenvalue weighted by atomic mass is 16.6. The Kier molecular flexibility index (Phi) is 13.0. The Labute approximate surface area is 405 Å². The van der Waals surface area contributed by atoms with E-state index in [-0.39, 0.29) is 24.8 Å². The number of amides is 1. The normalized spacial score (nSPS) is 18.1. The van der Waals surface area contributed by atoms with Gasteiger partial charge in [-0.2, -0.15) is 0 Å². The lowest BCUT2D eigenvalue weighted by molar-refractivity contribution is 0.0695. The third-order valence-corrected chi connectivity index (χ3v) is 13.5. The molecule has 2 fully saturated rings. The fourth-order valence-electron chi connectivity index (χ4n) is 9.35. The zero-order chi connectivity index (χ0) is 48.3. The van der Waals surface area contributed by atoms with Gasteiger partial charge in [-0.1, -0.05) is 47.7 Å². The molecule has 0 radical (unpaired) electrons. The van der Waals surface area contributed by atoms with E-state index in [1.54, 1.807) is 26.7 Å². The number of benzene rings is 1. The minimum absolute atomic E-state index is 0.00993. The summed E-state index contributed by atoms with van der Waals surface area (Å²) >= 11 is 0. The van der Waals surface area contributed by atoms with Crippen LogP contribution in [0.4, 0.5) is 16.7 Å². The quantitative estimate of drug-likeness (QED) is 0.101. The summed E-state index contributed by atoms with van der Waals surface area (Å²) in [6, 6.07) is 18.3. The van der Waals surface area contributed by atoms with Crippen LogP contribution in [0.2, 0.25) is 0 Å². The fourth-order valence-corrected chi connectivity index (χ4v) is 9.35. The van der Waals surface area contributed by atoms with E-state index in [1.807, 2.05) is 101 Å². The SMILES string of the molecule is Cc1cnc(NC2CCC(C)CC2)nc1-c1c[nH]c2nc(-c3cnnn3C)ccc12.Cc1cnc(N[C@@H]2CC[C@@H](C)N(C(=O)OCc3ccccc3)C2)nc1-c1c[nH]c2nc(-c3cnnn3C)ccc12. The van der Waals surface area contributed by atoms with Crippen LogP contribution in [0.25, 0.3) is 67.4 Å². The Hall–Kier alpha value is -8.09. The first-order valence-electron chi connectivity index (χ1n) is 23.9. The van der Waals surface area contributed by atoms with Crippen molar-refractivity contribution in [3.05, 3.63) is 108 Å². The van der Waals surface area contributed by atoms with Crippen molar-refractivity contribution in [1.82, 2.24) is 74.8 Å². The number of carbonyl (C=O) groups is 1. The summed E-state index contributed by atoms with van der Waals surface area (Å²) in [5.74, 6) is 2.05. The number of carbonyl (C=O) groups excluding carboxylic acids is 1. The molecule has 19 nitrogen and oxygen atoms in total. The molecule has 70 heavy (non-hydrogen) atoms. The van der Waals surface area contributed by atoms with E-state index < -0.39 is 0 Å². The van der Waals surface area contributed by atoms with Gasteiger partial charge in [0, 0.05) is 85.5 Å². The Balaban J connectivity index is 0.000000169. The number of likely N-dealkylation sites (tertiary alicyclic amines) is 1. The summed E-state index contributed by atoms with van der Waals surface area (Å²) < 4.78 is 9.02. The standard InChI is InChI=1S/C29H31N9O2.C22H26N8/c1-18-13-31-28(33-21-10-9-19(2)38(16-21)29(39)40-17-20-7-5-4-6-8-20)35-26(18)23-14-30-27-22(23)11-12-24(34-27)25-15-32-36-37(25)3;1-13-4-6-15(7-5-13)26-22-24-10-14(2)20(28-22)17-11-23-21-16(17)8-9-18(27-21)19-12-25-29-30(19)3/h4-8,11-15,19,21H,9-10,16-17H2,1-3H3,(H,30,34)(H,31,33,35);8-13,15H,4-7H2,1-3H3,(H,23,27)(H,24,26,28)/t19-,21-;/m1./s1. The maximum absolute atomic E-state index is 12.9. The largest absolute Gasteiger partial charge is 0.445 e. The van der Waals surface area contributed by atoms with Crippen molar-refractivity contribution in [2.24, 2.45) is 20.0 Å². The van der Waals surface area contributed by atoms with E-state index in [0.29, 0.717) is 24.5 Å². The van der Waals surface area contributed by atoms with Crippen LogP contribution >= 0.6 is 0 Å². The van der Waals surface area contributed by atoms with Gasteiger partial charge in [-0.25, -0.2) is 44.1 Å². The maximum atomic E-state index is 12.9. The lowest BCUT2D eigenvalue weighted by Crippen LogP contribution is -2.50. The first-order chi connectivity index (χ1) is 34.0. The molecule has 8 aromatic heterocycles. The van der Waals surface area contributed by atoms with E-state index in [4.69, 9.17) is 24.7 Å². The van der Waals surface area contributed by atoms with Crippen molar-refractivity contribution < 1.29 is 9.53 Å². The summed E-state index contributed by atoms with van der Waals surface area (Å²) in [6.45, 7) is 9.20. The number of nitrogens with zero attached hydrogens (tertiary/aromatic N) is 13. The molecule has 11 rings (SSSR count). The molecule has 1 saturated heterocycles. The Morgan fingerprint density at radius 2 is 1.19 bits per heavy atom. The molecule has 4 N–H and O–H groups in total. The van der Waals surface area contributed by atoms with E-state index in [9.17, 15) is 4.79 Å². The molecule has 1 aliphatic carbocycles. The van der Waals surface area contributed by atoms with Gasteiger partial charge in [0.2, 0.25) is 11.9 Å². The van der Waals surface area contributed by atoms with Crippen LogP contribution in [0.15, 0.2) is 91.8 Å². The van der Waals surface area contributed by atoms with E-state index in [2.05, 4.69) is 71.1 Å². The Morgan fingerprint density at radius 1 is 0.657 bits per heavy atom.